The van der Waals surface area contributed by atoms with Crippen LogP contribution in [-0.2, 0) is 19.5 Å². The number of rotatable bonds is 8. The molecule has 0 aliphatic rings. The molecular formula is C21H20N4S2. The van der Waals surface area contributed by atoms with E-state index in [0.717, 1.165) is 29.8 Å². The Morgan fingerprint density at radius 1 is 0.630 bits per heavy atom. The third kappa shape index (κ3) is 5.15. The van der Waals surface area contributed by atoms with Crippen molar-refractivity contribution in [2.45, 2.75) is 19.5 Å². The van der Waals surface area contributed by atoms with Gasteiger partial charge in [-0.3, -0.25) is 0 Å². The lowest BCUT2D eigenvalue weighted by Gasteiger charge is -2.02. The Morgan fingerprint density at radius 2 is 1.19 bits per heavy atom. The van der Waals surface area contributed by atoms with Gasteiger partial charge in [0.1, 0.15) is 0 Å². The summed E-state index contributed by atoms with van der Waals surface area (Å²) < 4.78 is 0. The van der Waals surface area contributed by atoms with Gasteiger partial charge in [-0.05, 0) is 11.1 Å². The molecule has 2 N–H and O–H groups in total. The van der Waals surface area contributed by atoms with E-state index in [-0.39, 0.29) is 0 Å². The Hall–Kier alpha value is -2.70. The van der Waals surface area contributed by atoms with Crippen LogP contribution in [0.25, 0.3) is 0 Å². The SMILES string of the molecule is c1ccc(CNc2ncc(CNc3ncc(Cc4ccccc4)s3)s2)cc1. The van der Waals surface area contributed by atoms with Gasteiger partial charge in [0.15, 0.2) is 10.3 Å². The molecule has 0 saturated heterocycles. The quantitative estimate of drug-likeness (QED) is 0.421. The fourth-order valence-corrected chi connectivity index (χ4v) is 4.27. The lowest BCUT2D eigenvalue weighted by atomic mass is 10.1. The number of hydrogen-bond acceptors (Lipinski definition) is 6. The van der Waals surface area contributed by atoms with Gasteiger partial charge in [0.05, 0.1) is 6.54 Å². The topological polar surface area (TPSA) is 49.8 Å². The van der Waals surface area contributed by atoms with Crippen molar-refractivity contribution in [2.75, 3.05) is 10.6 Å². The van der Waals surface area contributed by atoms with Crippen LogP contribution in [0.4, 0.5) is 10.3 Å². The first-order chi connectivity index (χ1) is 13.3. The van der Waals surface area contributed by atoms with Crippen LogP contribution in [0.1, 0.15) is 20.9 Å². The minimum atomic E-state index is 0.739. The molecule has 0 bridgehead atoms. The molecule has 2 aromatic heterocycles. The predicted molar refractivity (Wildman–Crippen MR) is 115 cm³/mol. The molecule has 0 amide bonds. The maximum Gasteiger partial charge on any atom is 0.183 e. The third-order valence-electron chi connectivity index (χ3n) is 4.03. The Kier molecular flexibility index (Phi) is 5.76. The molecule has 0 saturated carbocycles. The summed E-state index contributed by atoms with van der Waals surface area (Å²) in [7, 11) is 0. The first kappa shape index (κ1) is 17.7. The zero-order chi connectivity index (χ0) is 18.3. The summed E-state index contributed by atoms with van der Waals surface area (Å²) in [6.45, 7) is 1.53. The number of nitrogens with one attached hydrogen (secondary N) is 2. The first-order valence-electron chi connectivity index (χ1n) is 8.80. The van der Waals surface area contributed by atoms with E-state index in [1.165, 1.54) is 20.9 Å². The molecule has 136 valence electrons. The van der Waals surface area contributed by atoms with Crippen LogP contribution in [-0.4, -0.2) is 9.97 Å². The standard InChI is InChI=1S/C21H20N4S2/c1-3-7-16(8-4-1)11-18-13-23-21(26-18)25-15-19-14-24-20(27-19)22-12-17-9-5-2-6-10-17/h1-10,13-14H,11-12,15H2,(H,22,24)(H,23,25). The van der Waals surface area contributed by atoms with Gasteiger partial charge in [0.25, 0.3) is 0 Å². The maximum absolute atomic E-state index is 4.49. The summed E-state index contributed by atoms with van der Waals surface area (Å²) in [6, 6.07) is 20.8. The fraction of sp³-hybridized carbons (Fsp3) is 0.143. The highest BCUT2D eigenvalue weighted by Gasteiger charge is 2.05. The Bertz CT molecular complexity index is 964. The highest BCUT2D eigenvalue weighted by Crippen LogP contribution is 2.24. The van der Waals surface area contributed by atoms with E-state index in [1.807, 2.05) is 36.7 Å². The van der Waals surface area contributed by atoms with Gasteiger partial charge in [0, 0.05) is 35.1 Å². The van der Waals surface area contributed by atoms with Gasteiger partial charge in [-0.15, -0.1) is 22.7 Å². The lowest BCUT2D eigenvalue weighted by Crippen LogP contribution is -1.98. The smallest absolute Gasteiger partial charge is 0.183 e. The van der Waals surface area contributed by atoms with Gasteiger partial charge in [-0.25, -0.2) is 9.97 Å². The number of aromatic nitrogens is 2. The van der Waals surface area contributed by atoms with E-state index in [0.29, 0.717) is 0 Å². The fourth-order valence-electron chi connectivity index (χ4n) is 2.68. The number of anilines is 2. The van der Waals surface area contributed by atoms with E-state index in [4.69, 9.17) is 0 Å². The molecule has 2 aromatic carbocycles. The second-order valence-electron chi connectivity index (χ2n) is 6.12. The molecule has 0 aliphatic carbocycles. The summed E-state index contributed by atoms with van der Waals surface area (Å²) in [5.74, 6) is 0. The minimum absolute atomic E-state index is 0.739. The molecule has 6 heteroatoms. The van der Waals surface area contributed by atoms with Crippen LogP contribution < -0.4 is 10.6 Å². The highest BCUT2D eigenvalue weighted by atomic mass is 32.1. The third-order valence-corrected chi connectivity index (χ3v) is 5.94. The molecule has 0 fully saturated rings. The molecule has 4 rings (SSSR count). The molecule has 4 aromatic rings. The Balaban J connectivity index is 1.27. The Labute approximate surface area is 167 Å². The van der Waals surface area contributed by atoms with Crippen molar-refractivity contribution < 1.29 is 0 Å². The van der Waals surface area contributed by atoms with Gasteiger partial charge in [-0.1, -0.05) is 60.7 Å². The van der Waals surface area contributed by atoms with Crippen molar-refractivity contribution in [3.63, 3.8) is 0 Å². The van der Waals surface area contributed by atoms with E-state index in [9.17, 15) is 0 Å². The van der Waals surface area contributed by atoms with Gasteiger partial charge >= 0.3 is 0 Å². The van der Waals surface area contributed by atoms with Gasteiger partial charge in [-0.2, -0.15) is 0 Å². The van der Waals surface area contributed by atoms with Crippen molar-refractivity contribution in [3.8, 4) is 0 Å². The molecule has 0 atom stereocenters. The van der Waals surface area contributed by atoms with Crippen molar-refractivity contribution >= 4 is 32.9 Å². The minimum Gasteiger partial charge on any atom is -0.357 e. The molecule has 27 heavy (non-hydrogen) atoms. The normalized spacial score (nSPS) is 10.7. The summed E-state index contributed by atoms with van der Waals surface area (Å²) in [6.07, 6.45) is 4.80. The van der Waals surface area contributed by atoms with Gasteiger partial charge in [0.2, 0.25) is 0 Å². The van der Waals surface area contributed by atoms with Crippen molar-refractivity contribution in [3.05, 3.63) is 93.9 Å². The molecule has 0 spiro atoms. The highest BCUT2D eigenvalue weighted by molar-refractivity contribution is 7.16. The predicted octanol–water partition coefficient (Wildman–Crippen LogP) is 5.41. The zero-order valence-corrected chi connectivity index (χ0v) is 16.4. The van der Waals surface area contributed by atoms with Crippen LogP contribution in [0.2, 0.25) is 0 Å². The number of benzene rings is 2. The average molecular weight is 393 g/mol. The summed E-state index contributed by atoms with van der Waals surface area (Å²) in [5, 5.41) is 8.68. The van der Waals surface area contributed by atoms with E-state index < -0.39 is 0 Å². The maximum atomic E-state index is 4.49. The average Bonchev–Trinajstić information content (AvgIpc) is 3.36. The zero-order valence-electron chi connectivity index (χ0n) is 14.8. The summed E-state index contributed by atoms with van der Waals surface area (Å²) in [5.41, 5.74) is 2.56. The second-order valence-corrected chi connectivity index (χ2v) is 8.35. The van der Waals surface area contributed by atoms with Crippen molar-refractivity contribution in [1.82, 2.24) is 9.97 Å². The Morgan fingerprint density at radius 3 is 1.89 bits per heavy atom. The summed E-state index contributed by atoms with van der Waals surface area (Å²) in [4.78, 5) is 11.4. The van der Waals surface area contributed by atoms with E-state index >= 15 is 0 Å². The first-order valence-corrected chi connectivity index (χ1v) is 10.4. The lowest BCUT2D eigenvalue weighted by molar-refractivity contribution is 1.13. The molecule has 0 radical (unpaired) electrons. The van der Waals surface area contributed by atoms with Crippen molar-refractivity contribution in [2.24, 2.45) is 0 Å². The molecule has 0 unspecified atom stereocenters. The van der Waals surface area contributed by atoms with Crippen LogP contribution in [0.15, 0.2) is 73.1 Å². The number of hydrogen-bond donors (Lipinski definition) is 2. The van der Waals surface area contributed by atoms with Crippen LogP contribution in [0.5, 0.6) is 0 Å². The summed E-state index contributed by atoms with van der Waals surface area (Å²) >= 11 is 3.38. The van der Waals surface area contributed by atoms with Crippen molar-refractivity contribution in [1.29, 1.82) is 0 Å². The molecular weight excluding hydrogens is 372 g/mol. The number of thiazole rings is 2. The van der Waals surface area contributed by atoms with Crippen LogP contribution in [0.3, 0.4) is 0 Å². The van der Waals surface area contributed by atoms with Gasteiger partial charge < -0.3 is 10.6 Å². The monoisotopic (exact) mass is 392 g/mol. The largest absolute Gasteiger partial charge is 0.357 e. The number of nitrogens with zero attached hydrogens (tertiary/aromatic N) is 2. The van der Waals surface area contributed by atoms with E-state index in [1.54, 1.807) is 22.7 Å². The molecule has 2 heterocycles. The molecule has 0 aliphatic heterocycles. The van der Waals surface area contributed by atoms with Crippen LogP contribution >= 0.6 is 22.7 Å². The second kappa shape index (κ2) is 8.79. The molecule has 4 nitrogen and oxygen atoms in total. The van der Waals surface area contributed by atoms with E-state index in [2.05, 4.69) is 57.0 Å². The van der Waals surface area contributed by atoms with Crippen LogP contribution in [0, 0.1) is 0 Å².